The van der Waals surface area contributed by atoms with Gasteiger partial charge in [0, 0.05) is 11.3 Å². The first-order valence-corrected chi connectivity index (χ1v) is 9.58. The first kappa shape index (κ1) is 15.0. The summed E-state index contributed by atoms with van der Waals surface area (Å²) in [7, 11) is 0. The normalized spacial score (nSPS) is 21.8. The van der Waals surface area contributed by atoms with E-state index in [2.05, 4.69) is 36.1 Å². The number of rotatable bonds is 6. The van der Waals surface area contributed by atoms with Crippen LogP contribution in [0.15, 0.2) is 18.2 Å². The van der Waals surface area contributed by atoms with Gasteiger partial charge in [0.25, 0.3) is 0 Å². The van der Waals surface area contributed by atoms with Crippen molar-refractivity contribution in [2.45, 2.75) is 44.4 Å². The minimum atomic E-state index is 0.571. The second kappa shape index (κ2) is 6.88. The number of aromatic nitrogens is 1. The molecular formula is C16H22N2OS2. The molecule has 5 heteroatoms. The van der Waals surface area contributed by atoms with Crippen LogP contribution in [-0.4, -0.2) is 28.6 Å². The van der Waals surface area contributed by atoms with Crippen molar-refractivity contribution in [3.63, 3.8) is 0 Å². The summed E-state index contributed by atoms with van der Waals surface area (Å²) in [5, 5.41) is 5.45. The minimum Gasteiger partial charge on any atom is -0.494 e. The third kappa shape index (κ3) is 3.46. The van der Waals surface area contributed by atoms with Crippen molar-refractivity contribution in [3.8, 4) is 5.75 Å². The van der Waals surface area contributed by atoms with E-state index >= 15 is 0 Å². The number of hydrogen-bond acceptors (Lipinski definition) is 5. The van der Waals surface area contributed by atoms with Crippen LogP contribution in [-0.2, 0) is 0 Å². The molecule has 0 amide bonds. The van der Waals surface area contributed by atoms with Crippen molar-refractivity contribution in [1.82, 2.24) is 4.98 Å². The molecule has 2 aromatic rings. The number of thiazole rings is 1. The lowest BCUT2D eigenvalue weighted by Crippen LogP contribution is -2.26. The molecule has 1 aromatic carbocycles. The van der Waals surface area contributed by atoms with Gasteiger partial charge in [0.2, 0.25) is 0 Å². The Hall–Kier alpha value is -0.940. The summed E-state index contributed by atoms with van der Waals surface area (Å²) in [5.41, 5.74) is 1.06. The van der Waals surface area contributed by atoms with Gasteiger partial charge in [0.15, 0.2) is 5.13 Å². The van der Waals surface area contributed by atoms with E-state index in [-0.39, 0.29) is 0 Å². The quantitative estimate of drug-likeness (QED) is 0.830. The van der Waals surface area contributed by atoms with Gasteiger partial charge in [0.05, 0.1) is 16.8 Å². The summed E-state index contributed by atoms with van der Waals surface area (Å²) in [6.45, 7) is 4.95. The zero-order chi connectivity index (χ0) is 14.7. The third-order valence-corrected chi connectivity index (χ3v) is 6.09. The number of nitrogens with one attached hydrogen (secondary N) is 1. The van der Waals surface area contributed by atoms with E-state index in [0.717, 1.165) is 21.6 Å². The Morgan fingerprint density at radius 2 is 2.29 bits per heavy atom. The molecular weight excluding hydrogens is 300 g/mol. The van der Waals surface area contributed by atoms with E-state index in [4.69, 9.17) is 9.72 Å². The Balaban J connectivity index is 1.75. The van der Waals surface area contributed by atoms with Gasteiger partial charge in [0.1, 0.15) is 5.75 Å². The summed E-state index contributed by atoms with van der Waals surface area (Å²) in [6, 6.07) is 6.71. The van der Waals surface area contributed by atoms with Gasteiger partial charge in [-0.3, -0.25) is 0 Å². The van der Waals surface area contributed by atoms with Crippen LogP contribution in [0.2, 0.25) is 0 Å². The zero-order valence-corrected chi connectivity index (χ0v) is 14.2. The summed E-state index contributed by atoms with van der Waals surface area (Å²) in [6.07, 6.45) is 3.92. The number of thioether (sulfide) groups is 1. The van der Waals surface area contributed by atoms with Crippen molar-refractivity contribution in [1.29, 1.82) is 0 Å². The van der Waals surface area contributed by atoms with Gasteiger partial charge in [-0.05, 0) is 43.7 Å². The van der Waals surface area contributed by atoms with Crippen LogP contribution >= 0.6 is 23.1 Å². The Morgan fingerprint density at radius 3 is 3.10 bits per heavy atom. The van der Waals surface area contributed by atoms with Crippen molar-refractivity contribution in [3.05, 3.63) is 18.2 Å². The highest BCUT2D eigenvalue weighted by Gasteiger charge is 2.27. The van der Waals surface area contributed by atoms with Gasteiger partial charge in [-0.15, -0.1) is 0 Å². The molecule has 1 fully saturated rings. The highest BCUT2D eigenvalue weighted by Crippen LogP contribution is 2.35. The van der Waals surface area contributed by atoms with E-state index in [9.17, 15) is 0 Å². The molecule has 0 aliphatic heterocycles. The Bertz CT molecular complexity index is 599. The van der Waals surface area contributed by atoms with Gasteiger partial charge in [-0.2, -0.15) is 11.8 Å². The molecule has 0 spiro atoms. The third-order valence-electron chi connectivity index (χ3n) is 3.81. The highest BCUT2D eigenvalue weighted by atomic mass is 32.2. The van der Waals surface area contributed by atoms with E-state index in [1.165, 1.54) is 29.7 Å². The van der Waals surface area contributed by atoms with Crippen molar-refractivity contribution in [2.75, 3.05) is 17.7 Å². The molecule has 2 atom stereocenters. The molecule has 1 aliphatic rings. The maximum Gasteiger partial charge on any atom is 0.184 e. The fraction of sp³-hybridized carbons (Fsp3) is 0.562. The van der Waals surface area contributed by atoms with E-state index < -0.39 is 0 Å². The largest absolute Gasteiger partial charge is 0.494 e. The van der Waals surface area contributed by atoms with Crippen molar-refractivity contribution < 1.29 is 4.74 Å². The predicted molar refractivity (Wildman–Crippen MR) is 94.0 cm³/mol. The van der Waals surface area contributed by atoms with Crippen LogP contribution in [0, 0.1) is 0 Å². The van der Waals surface area contributed by atoms with Crippen LogP contribution in [0.5, 0.6) is 5.75 Å². The predicted octanol–water partition coefficient (Wildman–Crippen LogP) is 4.78. The first-order chi connectivity index (χ1) is 10.3. The van der Waals surface area contributed by atoms with E-state index in [0.29, 0.717) is 12.6 Å². The number of nitrogens with zero attached hydrogens (tertiary/aromatic N) is 1. The summed E-state index contributed by atoms with van der Waals surface area (Å²) in [4.78, 5) is 4.71. The molecule has 1 aromatic heterocycles. The number of fused-ring (bicyclic) bond motifs is 1. The number of benzene rings is 1. The van der Waals surface area contributed by atoms with Crippen LogP contribution < -0.4 is 10.1 Å². The Morgan fingerprint density at radius 1 is 1.38 bits per heavy atom. The number of hydrogen-bond donors (Lipinski definition) is 1. The molecule has 1 aliphatic carbocycles. The van der Waals surface area contributed by atoms with E-state index in [1.54, 1.807) is 11.3 Å². The monoisotopic (exact) mass is 322 g/mol. The average Bonchev–Trinajstić information content (AvgIpc) is 3.06. The molecule has 1 heterocycles. The summed E-state index contributed by atoms with van der Waals surface area (Å²) < 4.78 is 6.76. The van der Waals surface area contributed by atoms with Crippen molar-refractivity contribution >= 4 is 38.4 Å². The molecule has 0 saturated heterocycles. The maximum atomic E-state index is 5.56. The fourth-order valence-electron chi connectivity index (χ4n) is 2.89. The number of anilines is 1. The van der Waals surface area contributed by atoms with E-state index in [1.807, 2.05) is 13.0 Å². The molecule has 114 valence electrons. The minimum absolute atomic E-state index is 0.571. The lowest BCUT2D eigenvalue weighted by atomic mass is 10.2. The SMILES string of the molecule is CCOc1ccc2nc(NC3CCCC3SCC)sc2c1. The molecule has 1 saturated carbocycles. The smallest absolute Gasteiger partial charge is 0.184 e. The van der Waals surface area contributed by atoms with Crippen molar-refractivity contribution in [2.24, 2.45) is 0 Å². The molecule has 3 rings (SSSR count). The second-order valence-electron chi connectivity index (χ2n) is 5.26. The molecule has 0 bridgehead atoms. The van der Waals surface area contributed by atoms with Gasteiger partial charge in [-0.1, -0.05) is 24.7 Å². The Kier molecular flexibility index (Phi) is 4.91. The van der Waals surface area contributed by atoms with Crippen LogP contribution in [0.1, 0.15) is 33.1 Å². The molecule has 21 heavy (non-hydrogen) atoms. The first-order valence-electron chi connectivity index (χ1n) is 7.71. The fourth-order valence-corrected chi connectivity index (χ4v) is 5.04. The standard InChI is InChI=1S/C16H22N2OS2/c1-3-19-11-8-9-13-15(10-11)21-16(18-13)17-12-6-5-7-14(12)20-4-2/h8-10,12,14H,3-7H2,1-2H3,(H,17,18). The van der Waals surface area contributed by atoms with Gasteiger partial charge in [-0.25, -0.2) is 4.98 Å². The highest BCUT2D eigenvalue weighted by molar-refractivity contribution is 7.99. The summed E-state index contributed by atoms with van der Waals surface area (Å²) in [5.74, 6) is 2.13. The van der Waals surface area contributed by atoms with Crippen LogP contribution in [0.25, 0.3) is 10.2 Å². The zero-order valence-electron chi connectivity index (χ0n) is 12.6. The molecule has 1 N–H and O–H groups in total. The Labute approximate surface area is 134 Å². The summed E-state index contributed by atoms with van der Waals surface area (Å²) >= 11 is 3.81. The second-order valence-corrected chi connectivity index (χ2v) is 7.80. The molecule has 3 nitrogen and oxygen atoms in total. The van der Waals surface area contributed by atoms with Gasteiger partial charge < -0.3 is 10.1 Å². The topological polar surface area (TPSA) is 34.1 Å². The average molecular weight is 322 g/mol. The molecule has 0 radical (unpaired) electrons. The lowest BCUT2D eigenvalue weighted by molar-refractivity contribution is 0.341. The maximum absolute atomic E-state index is 5.56. The van der Waals surface area contributed by atoms with Crippen LogP contribution in [0.3, 0.4) is 0 Å². The van der Waals surface area contributed by atoms with Gasteiger partial charge >= 0.3 is 0 Å². The molecule has 2 unspecified atom stereocenters. The number of ether oxygens (including phenoxy) is 1. The van der Waals surface area contributed by atoms with Crippen LogP contribution in [0.4, 0.5) is 5.13 Å². The lowest BCUT2D eigenvalue weighted by Gasteiger charge is -2.19.